The summed E-state index contributed by atoms with van der Waals surface area (Å²) in [4.78, 5) is 48.9. The Kier molecular flexibility index (Phi) is 10.7. The molecule has 0 fully saturated rings. The van der Waals surface area contributed by atoms with Crippen LogP contribution in [0.25, 0.3) is 0 Å². The van der Waals surface area contributed by atoms with Crippen LogP contribution in [0.5, 0.6) is 17.2 Å². The van der Waals surface area contributed by atoms with Gasteiger partial charge in [-0.05, 0) is 76.1 Å². The van der Waals surface area contributed by atoms with Crippen LogP contribution in [0.3, 0.4) is 0 Å². The second kappa shape index (κ2) is 14.2. The molecule has 228 valence electrons. The van der Waals surface area contributed by atoms with Gasteiger partial charge in [-0.1, -0.05) is 13.8 Å². The van der Waals surface area contributed by atoms with Crippen LogP contribution in [0, 0.1) is 16.0 Å². The average Bonchev–Trinajstić information content (AvgIpc) is 2.92. The number of ether oxygens (including phenoxy) is 3. The van der Waals surface area contributed by atoms with Crippen molar-refractivity contribution in [1.29, 1.82) is 0 Å². The molecule has 0 aromatic heterocycles. The number of nitro benzene ring substituents is 1. The Hall–Kier alpha value is -5.13. The Morgan fingerprint density at radius 3 is 1.63 bits per heavy atom. The van der Waals surface area contributed by atoms with Crippen LogP contribution >= 0.6 is 0 Å². The maximum Gasteiger partial charge on any atom is 0.310 e. The largest absolute Gasteiger partial charge is 0.489 e. The molecule has 0 bridgehead atoms. The maximum absolute atomic E-state index is 13.2. The van der Waals surface area contributed by atoms with Crippen LogP contribution in [0.1, 0.15) is 72.6 Å². The fourth-order valence-corrected chi connectivity index (χ4v) is 3.82. The molecule has 43 heavy (non-hydrogen) atoms. The molecule has 0 aliphatic carbocycles. The van der Waals surface area contributed by atoms with Gasteiger partial charge in [0.1, 0.15) is 11.5 Å². The van der Waals surface area contributed by atoms with E-state index in [1.165, 1.54) is 54.6 Å². The molecule has 0 spiro atoms. The second-order valence-electron chi connectivity index (χ2n) is 10.7. The molecule has 0 heterocycles. The van der Waals surface area contributed by atoms with E-state index in [9.17, 15) is 24.5 Å². The van der Waals surface area contributed by atoms with Crippen LogP contribution in [0.4, 0.5) is 17.1 Å². The minimum atomic E-state index is -0.632. The number of nitrogens with two attached hydrogens (primary N) is 1. The number of nitrogens with one attached hydrogen (secondary N) is 2. The van der Waals surface area contributed by atoms with Gasteiger partial charge in [0.2, 0.25) is 5.91 Å². The van der Waals surface area contributed by atoms with E-state index in [1.807, 2.05) is 13.8 Å². The number of carbonyl (C=O) groups is 3. The highest BCUT2D eigenvalue weighted by molar-refractivity contribution is 6.08. The van der Waals surface area contributed by atoms with Crippen molar-refractivity contribution in [3.05, 3.63) is 81.4 Å². The number of anilines is 2. The molecule has 3 aromatic carbocycles. The van der Waals surface area contributed by atoms with Crippen molar-refractivity contribution in [3.8, 4) is 17.2 Å². The molecule has 0 saturated carbocycles. The summed E-state index contributed by atoms with van der Waals surface area (Å²) >= 11 is 0. The van der Waals surface area contributed by atoms with Gasteiger partial charge in [-0.2, -0.15) is 0 Å². The first-order chi connectivity index (χ1) is 20.2. The summed E-state index contributed by atoms with van der Waals surface area (Å²) in [5.41, 5.74) is 6.35. The van der Waals surface area contributed by atoms with Gasteiger partial charge in [-0.15, -0.1) is 0 Å². The number of benzene rings is 3. The summed E-state index contributed by atoms with van der Waals surface area (Å²) in [6, 6.07) is 12.9. The third-order valence-corrected chi connectivity index (χ3v) is 5.72. The van der Waals surface area contributed by atoms with Gasteiger partial charge in [-0.25, -0.2) is 0 Å². The lowest BCUT2D eigenvalue weighted by molar-refractivity contribution is -0.385. The Balaban J connectivity index is 1.89. The number of primary amides is 1. The van der Waals surface area contributed by atoms with Gasteiger partial charge in [0, 0.05) is 28.8 Å². The molecule has 3 amide bonds. The molecule has 12 nitrogen and oxygen atoms in total. The van der Waals surface area contributed by atoms with Crippen LogP contribution in [0.15, 0.2) is 54.6 Å². The fraction of sp³-hybridized carbons (Fsp3) is 0.323. The van der Waals surface area contributed by atoms with E-state index in [-0.39, 0.29) is 70.0 Å². The zero-order valence-electron chi connectivity index (χ0n) is 24.9. The minimum Gasteiger partial charge on any atom is -0.489 e. The van der Waals surface area contributed by atoms with Gasteiger partial charge < -0.3 is 30.6 Å². The molecule has 3 rings (SSSR count). The number of nitrogens with zero attached hydrogens (tertiary/aromatic N) is 1. The summed E-state index contributed by atoms with van der Waals surface area (Å²) in [6.45, 7) is 11.2. The van der Waals surface area contributed by atoms with Crippen molar-refractivity contribution in [3.63, 3.8) is 0 Å². The van der Waals surface area contributed by atoms with Gasteiger partial charge >= 0.3 is 5.69 Å². The Morgan fingerprint density at radius 2 is 1.19 bits per heavy atom. The summed E-state index contributed by atoms with van der Waals surface area (Å²) in [6.07, 6.45) is -0.530. The summed E-state index contributed by atoms with van der Waals surface area (Å²) in [5.74, 6) is -1.06. The molecular weight excluding hydrogens is 556 g/mol. The molecule has 0 atom stereocenters. The molecule has 0 unspecified atom stereocenters. The van der Waals surface area contributed by atoms with Crippen molar-refractivity contribution in [2.45, 2.75) is 53.8 Å². The molecule has 0 saturated heterocycles. The van der Waals surface area contributed by atoms with E-state index < -0.39 is 22.6 Å². The first kappa shape index (κ1) is 32.4. The third kappa shape index (κ3) is 8.93. The number of amides is 3. The normalized spacial score (nSPS) is 10.9. The van der Waals surface area contributed by atoms with Crippen LogP contribution in [0.2, 0.25) is 0 Å². The topological polar surface area (TPSA) is 172 Å². The predicted molar refractivity (Wildman–Crippen MR) is 162 cm³/mol. The lowest BCUT2D eigenvalue weighted by Gasteiger charge is -2.18. The van der Waals surface area contributed by atoms with Crippen molar-refractivity contribution in [2.75, 3.05) is 17.2 Å². The van der Waals surface area contributed by atoms with E-state index >= 15 is 0 Å². The SMILES string of the molecule is CC(C)COc1cc(C(=O)Nc2ccc(C(=O)Nc3ccc(C(N)=O)cc3OC(C)C)cc2OC(C)C)ccc1[N+](=O)[O-]. The first-order valence-electron chi connectivity index (χ1n) is 13.7. The first-order valence-corrected chi connectivity index (χ1v) is 13.7. The van der Waals surface area contributed by atoms with Crippen LogP contribution < -0.4 is 30.6 Å². The highest BCUT2D eigenvalue weighted by Gasteiger charge is 2.21. The predicted octanol–water partition coefficient (Wildman–Crippen LogP) is 5.81. The van der Waals surface area contributed by atoms with Gasteiger partial charge in [-0.3, -0.25) is 24.5 Å². The van der Waals surface area contributed by atoms with E-state index in [0.717, 1.165) is 0 Å². The maximum atomic E-state index is 13.2. The zero-order chi connectivity index (χ0) is 31.8. The zero-order valence-corrected chi connectivity index (χ0v) is 24.9. The van der Waals surface area contributed by atoms with E-state index in [2.05, 4.69) is 10.6 Å². The fourth-order valence-electron chi connectivity index (χ4n) is 3.82. The summed E-state index contributed by atoms with van der Waals surface area (Å²) in [5, 5.41) is 17.0. The number of rotatable bonds is 13. The average molecular weight is 593 g/mol. The smallest absolute Gasteiger partial charge is 0.310 e. The summed E-state index contributed by atoms with van der Waals surface area (Å²) in [7, 11) is 0. The molecular formula is C31H36N4O8. The number of nitro groups is 1. The highest BCUT2D eigenvalue weighted by atomic mass is 16.6. The van der Waals surface area contributed by atoms with Crippen molar-refractivity contribution >= 4 is 34.8 Å². The molecule has 3 aromatic rings. The Labute approximate surface area is 249 Å². The van der Waals surface area contributed by atoms with Gasteiger partial charge in [0.15, 0.2) is 5.75 Å². The van der Waals surface area contributed by atoms with E-state index in [0.29, 0.717) is 5.69 Å². The quantitative estimate of drug-likeness (QED) is 0.165. The Bertz CT molecular complexity index is 1520. The summed E-state index contributed by atoms with van der Waals surface area (Å²) < 4.78 is 17.3. The lowest BCUT2D eigenvalue weighted by atomic mass is 10.1. The highest BCUT2D eigenvalue weighted by Crippen LogP contribution is 2.32. The number of carbonyl (C=O) groups excluding carboxylic acids is 3. The third-order valence-electron chi connectivity index (χ3n) is 5.72. The van der Waals surface area contributed by atoms with Crippen molar-refractivity contribution in [1.82, 2.24) is 0 Å². The monoisotopic (exact) mass is 592 g/mol. The standard InChI is InChI=1S/C31H36N4O8/c1-17(2)16-41-28-15-22(9-12-25(28)35(39)40)31(38)34-24-11-8-21(14-27(24)43-19(5)6)30(37)33-23-10-7-20(29(32)36)13-26(23)42-18(3)4/h7-15,17-19H,16H2,1-6H3,(H2,32,36)(H,33,37)(H,34,38). The van der Waals surface area contributed by atoms with Crippen LogP contribution in [-0.4, -0.2) is 41.5 Å². The molecule has 4 N–H and O–H groups in total. The number of hydrogen-bond donors (Lipinski definition) is 3. The van der Waals surface area contributed by atoms with Gasteiger partial charge in [0.25, 0.3) is 11.8 Å². The van der Waals surface area contributed by atoms with Crippen molar-refractivity contribution < 1.29 is 33.5 Å². The molecule has 0 aliphatic rings. The number of hydrogen-bond acceptors (Lipinski definition) is 8. The molecule has 0 radical (unpaired) electrons. The van der Waals surface area contributed by atoms with Crippen LogP contribution in [-0.2, 0) is 0 Å². The molecule has 12 heteroatoms. The lowest BCUT2D eigenvalue weighted by Crippen LogP contribution is -2.18. The van der Waals surface area contributed by atoms with Crippen molar-refractivity contribution in [2.24, 2.45) is 11.7 Å². The van der Waals surface area contributed by atoms with Gasteiger partial charge in [0.05, 0.1) is 35.1 Å². The molecule has 0 aliphatic heterocycles. The minimum absolute atomic E-state index is 0.0123. The second-order valence-corrected chi connectivity index (χ2v) is 10.7. The van der Waals surface area contributed by atoms with E-state index in [4.69, 9.17) is 19.9 Å². The van der Waals surface area contributed by atoms with E-state index in [1.54, 1.807) is 27.7 Å². The Morgan fingerprint density at radius 1 is 0.744 bits per heavy atom.